The van der Waals surface area contributed by atoms with Gasteiger partial charge in [0.2, 0.25) is 0 Å². The fourth-order valence-corrected chi connectivity index (χ4v) is 3.64. The fourth-order valence-electron chi connectivity index (χ4n) is 3.64. The Morgan fingerprint density at radius 2 is 2.08 bits per heavy atom. The first-order valence-corrected chi connectivity index (χ1v) is 9.10. The van der Waals surface area contributed by atoms with Gasteiger partial charge in [-0.05, 0) is 60.7 Å². The van der Waals surface area contributed by atoms with Gasteiger partial charge >= 0.3 is 0 Å². The van der Waals surface area contributed by atoms with E-state index in [-0.39, 0.29) is 12.0 Å². The van der Waals surface area contributed by atoms with E-state index in [1.807, 2.05) is 6.07 Å². The third kappa shape index (κ3) is 3.73. The minimum Gasteiger partial charge on any atom is -0.491 e. The van der Waals surface area contributed by atoms with Crippen LogP contribution in [0.2, 0.25) is 0 Å². The molecule has 0 saturated carbocycles. The van der Waals surface area contributed by atoms with E-state index in [1.165, 1.54) is 29.7 Å². The van der Waals surface area contributed by atoms with Crippen molar-refractivity contribution in [3.63, 3.8) is 0 Å². The molecule has 1 saturated heterocycles. The van der Waals surface area contributed by atoms with Gasteiger partial charge in [-0.3, -0.25) is 4.79 Å². The minimum atomic E-state index is -0.402. The normalized spacial score (nSPS) is 19.3. The van der Waals surface area contributed by atoms with Crippen LogP contribution < -0.4 is 4.74 Å². The molecular weight excluding hydrogens is 333 g/mol. The molecule has 2 aromatic carbocycles. The van der Waals surface area contributed by atoms with Crippen LogP contribution in [0.15, 0.2) is 42.5 Å². The van der Waals surface area contributed by atoms with E-state index in [1.54, 1.807) is 17.0 Å². The Labute approximate surface area is 152 Å². The lowest BCUT2D eigenvalue weighted by Crippen LogP contribution is -2.47. The van der Waals surface area contributed by atoms with Crippen molar-refractivity contribution in [1.29, 1.82) is 0 Å². The first kappa shape index (κ1) is 17.0. The molecule has 1 aliphatic heterocycles. The number of hydrogen-bond donors (Lipinski definition) is 0. The quantitative estimate of drug-likeness (QED) is 0.845. The third-order valence-corrected chi connectivity index (χ3v) is 5.00. The van der Waals surface area contributed by atoms with E-state index < -0.39 is 5.82 Å². The monoisotopic (exact) mass is 355 g/mol. The van der Waals surface area contributed by atoms with Crippen molar-refractivity contribution >= 4 is 5.91 Å². The van der Waals surface area contributed by atoms with Crippen LogP contribution >= 0.6 is 0 Å². The predicted molar refractivity (Wildman–Crippen MR) is 96.0 cm³/mol. The highest BCUT2D eigenvalue weighted by molar-refractivity contribution is 5.94. The number of halogens is 1. The molecule has 2 aromatic rings. The Balaban J connectivity index is 1.35. The van der Waals surface area contributed by atoms with Crippen molar-refractivity contribution in [2.75, 3.05) is 26.3 Å². The molecule has 1 aliphatic carbocycles. The van der Waals surface area contributed by atoms with Crippen molar-refractivity contribution < 1.29 is 18.7 Å². The van der Waals surface area contributed by atoms with Crippen LogP contribution in [-0.2, 0) is 17.6 Å². The number of aryl methyl sites for hydroxylation is 2. The first-order chi connectivity index (χ1) is 12.7. The van der Waals surface area contributed by atoms with Crippen molar-refractivity contribution in [1.82, 2.24) is 4.90 Å². The predicted octanol–water partition coefficient (Wildman–Crippen LogP) is 3.23. The SMILES string of the molecule is O=C(c1cccc(F)c1)N1CCOC(COc2ccc3c(c2)CCC3)C1. The summed E-state index contributed by atoms with van der Waals surface area (Å²) in [6.07, 6.45) is 3.29. The number of amides is 1. The van der Waals surface area contributed by atoms with Crippen LogP contribution in [0.25, 0.3) is 0 Å². The molecule has 0 N–H and O–H groups in total. The van der Waals surface area contributed by atoms with Gasteiger partial charge in [-0.2, -0.15) is 0 Å². The molecule has 1 atom stereocenters. The van der Waals surface area contributed by atoms with Crippen molar-refractivity contribution in [3.05, 3.63) is 65.0 Å². The van der Waals surface area contributed by atoms with E-state index in [9.17, 15) is 9.18 Å². The minimum absolute atomic E-state index is 0.171. The van der Waals surface area contributed by atoms with Gasteiger partial charge in [0.1, 0.15) is 24.3 Å². The molecule has 26 heavy (non-hydrogen) atoms. The van der Waals surface area contributed by atoms with Gasteiger partial charge < -0.3 is 14.4 Å². The molecule has 2 aliphatic rings. The number of benzene rings is 2. The van der Waals surface area contributed by atoms with Gasteiger partial charge in [0.25, 0.3) is 5.91 Å². The zero-order chi connectivity index (χ0) is 17.9. The summed E-state index contributed by atoms with van der Waals surface area (Å²) >= 11 is 0. The maximum Gasteiger partial charge on any atom is 0.254 e. The highest BCUT2D eigenvalue weighted by Crippen LogP contribution is 2.26. The fraction of sp³-hybridized carbons (Fsp3) is 0.381. The summed E-state index contributed by atoms with van der Waals surface area (Å²) in [6, 6.07) is 12.0. The van der Waals surface area contributed by atoms with Crippen LogP contribution in [0.1, 0.15) is 27.9 Å². The number of fused-ring (bicyclic) bond motifs is 1. The number of carbonyl (C=O) groups is 1. The van der Waals surface area contributed by atoms with E-state index in [4.69, 9.17) is 9.47 Å². The van der Waals surface area contributed by atoms with Crippen molar-refractivity contribution in [2.45, 2.75) is 25.4 Å². The molecule has 0 aromatic heterocycles. The highest BCUT2D eigenvalue weighted by Gasteiger charge is 2.26. The molecule has 5 heteroatoms. The lowest BCUT2D eigenvalue weighted by atomic mass is 10.1. The zero-order valence-electron chi connectivity index (χ0n) is 14.6. The summed E-state index contributed by atoms with van der Waals surface area (Å²) in [5, 5.41) is 0. The molecule has 0 radical (unpaired) electrons. The van der Waals surface area contributed by atoms with Gasteiger partial charge in [0, 0.05) is 12.1 Å². The van der Waals surface area contributed by atoms with Gasteiger partial charge in [-0.25, -0.2) is 4.39 Å². The summed E-state index contributed by atoms with van der Waals surface area (Å²) in [5.41, 5.74) is 3.15. The van der Waals surface area contributed by atoms with Crippen LogP contribution in [0, 0.1) is 5.82 Å². The maximum atomic E-state index is 13.4. The third-order valence-electron chi connectivity index (χ3n) is 5.00. The van der Waals surface area contributed by atoms with Crippen LogP contribution in [0.5, 0.6) is 5.75 Å². The number of rotatable bonds is 4. The summed E-state index contributed by atoms with van der Waals surface area (Å²) < 4.78 is 25.0. The first-order valence-electron chi connectivity index (χ1n) is 9.10. The zero-order valence-corrected chi connectivity index (χ0v) is 14.6. The molecule has 0 bridgehead atoms. The number of carbonyl (C=O) groups excluding carboxylic acids is 1. The Morgan fingerprint density at radius 3 is 2.96 bits per heavy atom. The molecule has 1 unspecified atom stereocenters. The molecule has 1 heterocycles. The van der Waals surface area contributed by atoms with E-state index >= 15 is 0 Å². The average Bonchev–Trinajstić information content (AvgIpc) is 3.14. The van der Waals surface area contributed by atoms with Gasteiger partial charge in [-0.15, -0.1) is 0 Å². The molecule has 0 spiro atoms. The number of morpholine rings is 1. The summed E-state index contributed by atoms with van der Waals surface area (Å²) in [6.45, 7) is 1.80. The second-order valence-electron chi connectivity index (χ2n) is 6.85. The molecule has 136 valence electrons. The lowest BCUT2D eigenvalue weighted by Gasteiger charge is -2.33. The highest BCUT2D eigenvalue weighted by atomic mass is 19.1. The molecule has 1 amide bonds. The smallest absolute Gasteiger partial charge is 0.254 e. The Hall–Kier alpha value is -2.40. The largest absolute Gasteiger partial charge is 0.491 e. The number of nitrogens with zero attached hydrogens (tertiary/aromatic N) is 1. The summed E-state index contributed by atoms with van der Waals surface area (Å²) in [7, 11) is 0. The van der Waals surface area contributed by atoms with Crippen LogP contribution in [0.4, 0.5) is 4.39 Å². The Morgan fingerprint density at radius 1 is 1.19 bits per heavy atom. The topological polar surface area (TPSA) is 38.8 Å². The molecule has 4 rings (SSSR count). The second kappa shape index (κ2) is 7.46. The van der Waals surface area contributed by atoms with E-state index in [0.29, 0.717) is 31.9 Å². The number of hydrogen-bond acceptors (Lipinski definition) is 3. The Bertz CT molecular complexity index is 808. The van der Waals surface area contributed by atoms with E-state index in [2.05, 4.69) is 12.1 Å². The van der Waals surface area contributed by atoms with Gasteiger partial charge in [-0.1, -0.05) is 12.1 Å². The van der Waals surface area contributed by atoms with Crippen LogP contribution in [0.3, 0.4) is 0 Å². The number of ether oxygens (including phenoxy) is 2. The molecule has 1 fully saturated rings. The standard InChI is InChI=1S/C21H22FNO3/c22-18-6-2-5-17(11-18)21(24)23-9-10-25-20(13-23)14-26-19-8-7-15-3-1-4-16(15)12-19/h2,5-8,11-12,20H,1,3-4,9-10,13-14H2. The molecular formula is C21H22FNO3. The molecule has 4 nitrogen and oxygen atoms in total. The lowest BCUT2D eigenvalue weighted by molar-refractivity contribution is -0.0401. The van der Waals surface area contributed by atoms with Gasteiger partial charge in [0.15, 0.2) is 0 Å². The van der Waals surface area contributed by atoms with E-state index in [0.717, 1.165) is 18.6 Å². The van der Waals surface area contributed by atoms with Gasteiger partial charge in [0.05, 0.1) is 13.2 Å². The second-order valence-corrected chi connectivity index (χ2v) is 6.85. The summed E-state index contributed by atoms with van der Waals surface area (Å²) in [5.74, 6) is 0.277. The maximum absolute atomic E-state index is 13.4. The van der Waals surface area contributed by atoms with Crippen molar-refractivity contribution in [3.8, 4) is 5.75 Å². The Kier molecular flexibility index (Phi) is 4.89. The average molecular weight is 355 g/mol. The van der Waals surface area contributed by atoms with Crippen molar-refractivity contribution in [2.24, 2.45) is 0 Å². The van der Waals surface area contributed by atoms with Crippen LogP contribution in [-0.4, -0.2) is 43.2 Å². The summed E-state index contributed by atoms with van der Waals surface area (Å²) in [4.78, 5) is 14.3.